The van der Waals surface area contributed by atoms with Crippen LogP contribution in [-0.2, 0) is 4.79 Å². The Morgan fingerprint density at radius 1 is 0.818 bits per heavy atom. The maximum Gasteiger partial charge on any atom is 0.149 e. The first-order chi connectivity index (χ1) is 10.6. The van der Waals surface area contributed by atoms with Crippen LogP contribution in [0.1, 0.15) is 23.0 Å². The van der Waals surface area contributed by atoms with Crippen LogP contribution in [0.15, 0.2) is 57.5 Å². The fourth-order valence-corrected chi connectivity index (χ4v) is 4.32. The van der Waals surface area contributed by atoms with Crippen molar-refractivity contribution in [3.63, 3.8) is 0 Å². The number of rotatable bonds is 6. The van der Waals surface area contributed by atoms with Gasteiger partial charge in [-0.05, 0) is 23.3 Å². The minimum Gasteiger partial charge on any atom is -0.298 e. The number of hydrogen-bond donors (Lipinski definition) is 2. The molecule has 0 amide bonds. The SMILES string of the molecule is O=C(C(CS)c1ccccc1Br)C(CS)c1ccccc1Br. The summed E-state index contributed by atoms with van der Waals surface area (Å²) in [6, 6.07) is 15.6. The molecule has 0 spiro atoms. The molecule has 0 heterocycles. The monoisotopic (exact) mass is 458 g/mol. The average Bonchev–Trinajstić information content (AvgIpc) is 2.52. The van der Waals surface area contributed by atoms with Gasteiger partial charge in [-0.3, -0.25) is 4.79 Å². The molecule has 116 valence electrons. The van der Waals surface area contributed by atoms with E-state index in [1.54, 1.807) is 0 Å². The standard InChI is InChI=1S/C17H16Br2OS2/c18-15-7-3-1-5-11(15)13(9-21)17(20)14(10-22)12-6-2-4-8-16(12)19/h1-8,13-14,21-22H,9-10H2. The highest BCUT2D eigenvalue weighted by atomic mass is 79.9. The van der Waals surface area contributed by atoms with Crippen molar-refractivity contribution in [2.75, 3.05) is 11.5 Å². The van der Waals surface area contributed by atoms with Crippen LogP contribution in [0.25, 0.3) is 0 Å². The zero-order valence-corrected chi connectivity index (χ0v) is 16.7. The van der Waals surface area contributed by atoms with Gasteiger partial charge >= 0.3 is 0 Å². The molecule has 0 saturated heterocycles. The Morgan fingerprint density at radius 2 is 1.18 bits per heavy atom. The summed E-state index contributed by atoms with van der Waals surface area (Å²) in [5.74, 6) is 0.557. The van der Waals surface area contributed by atoms with Gasteiger partial charge in [-0.15, -0.1) is 0 Å². The summed E-state index contributed by atoms with van der Waals surface area (Å²) in [5, 5.41) is 0. The number of thiol groups is 2. The lowest BCUT2D eigenvalue weighted by atomic mass is 9.85. The number of Topliss-reactive ketones (excluding diaryl/α,β-unsaturated/α-hetero) is 1. The smallest absolute Gasteiger partial charge is 0.149 e. The van der Waals surface area contributed by atoms with Crippen LogP contribution in [0.4, 0.5) is 0 Å². The summed E-state index contributed by atoms with van der Waals surface area (Å²) in [4.78, 5) is 13.1. The molecule has 0 N–H and O–H groups in total. The topological polar surface area (TPSA) is 17.1 Å². The lowest BCUT2D eigenvalue weighted by Crippen LogP contribution is -2.24. The Bertz CT molecular complexity index is 605. The third-order valence-electron chi connectivity index (χ3n) is 3.61. The van der Waals surface area contributed by atoms with E-state index >= 15 is 0 Å². The predicted octanol–water partition coefficient (Wildman–Crippen LogP) is 5.51. The Balaban J connectivity index is 2.39. The van der Waals surface area contributed by atoms with Crippen molar-refractivity contribution in [3.05, 3.63) is 68.6 Å². The third kappa shape index (κ3) is 3.99. The molecular weight excluding hydrogens is 444 g/mol. The van der Waals surface area contributed by atoms with Crippen molar-refractivity contribution < 1.29 is 4.79 Å². The lowest BCUT2D eigenvalue weighted by Gasteiger charge is -2.22. The maximum absolute atomic E-state index is 13.1. The maximum atomic E-state index is 13.1. The van der Waals surface area contributed by atoms with Crippen molar-refractivity contribution in [2.45, 2.75) is 11.8 Å². The molecule has 0 fully saturated rings. The summed E-state index contributed by atoms with van der Waals surface area (Å²) in [7, 11) is 0. The van der Waals surface area contributed by atoms with Crippen molar-refractivity contribution in [1.29, 1.82) is 0 Å². The van der Waals surface area contributed by atoms with Gasteiger partial charge in [0.25, 0.3) is 0 Å². The van der Waals surface area contributed by atoms with Gasteiger partial charge in [0.2, 0.25) is 0 Å². The van der Waals surface area contributed by atoms with Gasteiger partial charge in [-0.2, -0.15) is 25.3 Å². The van der Waals surface area contributed by atoms with Gasteiger partial charge in [0.15, 0.2) is 0 Å². The third-order valence-corrected chi connectivity index (χ3v) is 5.79. The van der Waals surface area contributed by atoms with Gasteiger partial charge in [0, 0.05) is 20.5 Å². The molecule has 2 aromatic rings. The average molecular weight is 460 g/mol. The van der Waals surface area contributed by atoms with Gasteiger partial charge in [0.1, 0.15) is 5.78 Å². The van der Waals surface area contributed by atoms with Gasteiger partial charge < -0.3 is 0 Å². The number of ketones is 1. The molecule has 5 heteroatoms. The quantitative estimate of drug-likeness (QED) is 0.544. The largest absolute Gasteiger partial charge is 0.298 e. The molecule has 0 saturated carbocycles. The van der Waals surface area contributed by atoms with Gasteiger partial charge in [-0.25, -0.2) is 0 Å². The van der Waals surface area contributed by atoms with Crippen molar-refractivity contribution in [2.24, 2.45) is 0 Å². The van der Waals surface area contributed by atoms with E-state index < -0.39 is 0 Å². The fraction of sp³-hybridized carbons (Fsp3) is 0.235. The Hall–Kier alpha value is -0.230. The van der Waals surface area contributed by atoms with Crippen molar-refractivity contribution >= 4 is 62.9 Å². The highest BCUT2D eigenvalue weighted by Crippen LogP contribution is 2.34. The second kappa shape index (κ2) is 8.57. The fourth-order valence-electron chi connectivity index (χ4n) is 2.44. The minimum absolute atomic E-state index is 0.142. The number of benzene rings is 2. The van der Waals surface area contributed by atoms with Crippen LogP contribution in [0.2, 0.25) is 0 Å². The molecule has 22 heavy (non-hydrogen) atoms. The minimum atomic E-state index is -0.261. The Morgan fingerprint density at radius 3 is 1.50 bits per heavy atom. The van der Waals surface area contributed by atoms with Crippen LogP contribution in [0.5, 0.6) is 0 Å². The predicted molar refractivity (Wildman–Crippen MR) is 106 cm³/mol. The molecule has 0 aliphatic heterocycles. The van der Waals surface area contributed by atoms with E-state index in [4.69, 9.17) is 0 Å². The van der Waals surface area contributed by atoms with Gasteiger partial charge in [-0.1, -0.05) is 68.3 Å². The summed E-state index contributed by atoms with van der Waals surface area (Å²) in [6.45, 7) is 0. The van der Waals surface area contributed by atoms with E-state index in [2.05, 4.69) is 57.1 Å². The molecule has 0 bridgehead atoms. The van der Waals surface area contributed by atoms with Crippen LogP contribution in [0.3, 0.4) is 0 Å². The number of halogens is 2. The Labute approximate surface area is 159 Å². The van der Waals surface area contributed by atoms with Crippen LogP contribution >= 0.6 is 57.1 Å². The summed E-state index contributed by atoms with van der Waals surface area (Å²) < 4.78 is 1.87. The van der Waals surface area contributed by atoms with Crippen molar-refractivity contribution in [1.82, 2.24) is 0 Å². The highest BCUT2D eigenvalue weighted by Gasteiger charge is 2.29. The van der Waals surface area contributed by atoms with Crippen LogP contribution in [-0.4, -0.2) is 17.3 Å². The zero-order chi connectivity index (χ0) is 16.1. The molecule has 2 aromatic carbocycles. The summed E-state index contributed by atoms with van der Waals surface area (Å²) in [5.41, 5.74) is 1.95. The van der Waals surface area contributed by atoms with Crippen LogP contribution < -0.4 is 0 Å². The molecule has 2 rings (SSSR count). The number of carbonyl (C=O) groups is 1. The second-order valence-corrected chi connectivity index (χ2v) is 7.35. The van der Waals surface area contributed by atoms with E-state index in [0.29, 0.717) is 11.5 Å². The molecule has 1 nitrogen and oxygen atoms in total. The molecule has 0 aliphatic rings. The first-order valence-corrected chi connectivity index (χ1v) is 9.69. The van der Waals surface area contributed by atoms with E-state index in [1.165, 1.54) is 0 Å². The Kier molecular flexibility index (Phi) is 7.06. The first kappa shape index (κ1) is 18.1. The van der Waals surface area contributed by atoms with Crippen LogP contribution in [0, 0.1) is 0 Å². The first-order valence-electron chi connectivity index (χ1n) is 6.84. The molecule has 0 aliphatic carbocycles. The van der Waals surface area contributed by atoms with E-state index in [1.807, 2.05) is 48.5 Å². The zero-order valence-electron chi connectivity index (χ0n) is 11.7. The number of carbonyl (C=O) groups excluding carboxylic acids is 1. The van der Waals surface area contributed by atoms with Gasteiger partial charge in [0.05, 0.1) is 11.8 Å². The van der Waals surface area contributed by atoms with E-state index in [9.17, 15) is 4.79 Å². The van der Waals surface area contributed by atoms with E-state index in [0.717, 1.165) is 20.1 Å². The summed E-state index contributed by atoms with van der Waals surface area (Å²) in [6.07, 6.45) is 0. The molecule has 2 unspecified atom stereocenters. The normalized spacial score (nSPS) is 13.6. The second-order valence-electron chi connectivity index (χ2n) is 4.92. The molecule has 0 aromatic heterocycles. The summed E-state index contributed by atoms with van der Waals surface area (Å²) >= 11 is 15.9. The highest BCUT2D eigenvalue weighted by molar-refractivity contribution is 9.10. The van der Waals surface area contributed by atoms with Crippen molar-refractivity contribution in [3.8, 4) is 0 Å². The molecular formula is C17H16Br2OS2. The molecule has 2 atom stereocenters. The molecule has 0 radical (unpaired) electrons. The lowest BCUT2D eigenvalue weighted by molar-refractivity contribution is -0.121. The van der Waals surface area contributed by atoms with E-state index in [-0.39, 0.29) is 17.6 Å². The number of hydrogen-bond acceptors (Lipinski definition) is 3.